The highest BCUT2D eigenvalue weighted by Gasteiger charge is 2.39. The Hall–Kier alpha value is -4.02. The van der Waals surface area contributed by atoms with Gasteiger partial charge in [0.1, 0.15) is 6.04 Å². The van der Waals surface area contributed by atoms with E-state index in [4.69, 9.17) is 0 Å². The summed E-state index contributed by atoms with van der Waals surface area (Å²) in [6.07, 6.45) is -4.24. The van der Waals surface area contributed by atoms with Gasteiger partial charge in [-0.1, -0.05) is 24.3 Å². The summed E-state index contributed by atoms with van der Waals surface area (Å²) in [6, 6.07) is 7.36. The van der Waals surface area contributed by atoms with Gasteiger partial charge in [-0.2, -0.15) is 13.2 Å². The zero-order valence-corrected chi connectivity index (χ0v) is 17.6. The Bertz CT molecular complexity index is 1210. The van der Waals surface area contributed by atoms with Crippen molar-refractivity contribution in [3.05, 3.63) is 70.3 Å². The van der Waals surface area contributed by atoms with Gasteiger partial charge in [0.25, 0.3) is 11.8 Å². The van der Waals surface area contributed by atoms with Gasteiger partial charge >= 0.3 is 6.18 Å². The van der Waals surface area contributed by atoms with E-state index in [9.17, 15) is 37.1 Å². The summed E-state index contributed by atoms with van der Waals surface area (Å²) >= 11 is 0. The number of hydrogen-bond acceptors (Lipinski definition) is 5. The monoisotopic (exact) mass is 473 g/mol. The topological polar surface area (TPSA) is 113 Å². The van der Waals surface area contributed by atoms with Crippen molar-refractivity contribution in [3.63, 3.8) is 0 Å². The average Bonchev–Trinajstić information content (AvgIpc) is 3.13. The van der Waals surface area contributed by atoms with Crippen molar-refractivity contribution in [3.8, 4) is 0 Å². The van der Waals surface area contributed by atoms with Crippen molar-refractivity contribution < 1.29 is 37.1 Å². The number of benzene rings is 2. The fourth-order valence-corrected chi connectivity index (χ4v) is 4.01. The first-order valence-corrected chi connectivity index (χ1v) is 10.3. The van der Waals surface area contributed by atoms with Crippen molar-refractivity contribution in [2.75, 3.05) is 0 Å². The maximum Gasteiger partial charge on any atom is 0.416 e. The molecule has 0 aliphatic carbocycles. The molecule has 1 saturated heterocycles. The minimum atomic E-state index is -4.56. The smallest absolute Gasteiger partial charge is 0.345 e. The predicted molar refractivity (Wildman–Crippen MR) is 110 cm³/mol. The number of piperidine rings is 1. The van der Waals surface area contributed by atoms with Gasteiger partial charge in [-0.3, -0.25) is 29.3 Å². The van der Waals surface area contributed by atoms with Crippen LogP contribution in [0.15, 0.2) is 42.5 Å². The number of amides is 4. The molecule has 1 fully saturated rings. The molecular weight excluding hydrogens is 455 g/mol. The van der Waals surface area contributed by atoms with Crippen molar-refractivity contribution in [2.24, 2.45) is 0 Å². The van der Waals surface area contributed by atoms with Crippen LogP contribution < -0.4 is 10.6 Å². The minimum absolute atomic E-state index is 0.0966. The van der Waals surface area contributed by atoms with Crippen molar-refractivity contribution in [2.45, 2.75) is 38.1 Å². The van der Waals surface area contributed by atoms with E-state index in [1.54, 1.807) is 18.2 Å². The molecule has 2 aromatic rings. The van der Waals surface area contributed by atoms with Crippen LogP contribution >= 0.6 is 0 Å². The van der Waals surface area contributed by atoms with E-state index in [-0.39, 0.29) is 37.4 Å². The van der Waals surface area contributed by atoms with Crippen LogP contribution in [0.5, 0.6) is 0 Å². The first kappa shape index (κ1) is 23.1. The lowest BCUT2D eigenvalue weighted by molar-refractivity contribution is -0.138. The van der Waals surface area contributed by atoms with E-state index in [0.717, 1.165) is 24.3 Å². The van der Waals surface area contributed by atoms with Crippen LogP contribution in [0.4, 0.5) is 13.2 Å². The summed E-state index contributed by atoms with van der Waals surface area (Å²) < 4.78 is 38.0. The van der Waals surface area contributed by atoms with Gasteiger partial charge < -0.3 is 10.2 Å². The number of nitrogens with one attached hydrogen (secondary N) is 2. The number of halogens is 3. The van der Waals surface area contributed by atoms with Crippen LogP contribution in [-0.4, -0.2) is 40.4 Å². The second-order valence-corrected chi connectivity index (χ2v) is 7.93. The molecule has 0 saturated carbocycles. The van der Waals surface area contributed by atoms with E-state index in [1.165, 1.54) is 4.90 Å². The third-order valence-corrected chi connectivity index (χ3v) is 5.80. The number of rotatable bonds is 5. The van der Waals surface area contributed by atoms with Crippen LogP contribution in [0.3, 0.4) is 0 Å². The van der Waals surface area contributed by atoms with E-state index >= 15 is 0 Å². The lowest BCUT2D eigenvalue weighted by atomic mass is 10.0. The lowest BCUT2D eigenvalue weighted by Gasteiger charge is -2.29. The van der Waals surface area contributed by atoms with E-state index < -0.39 is 41.3 Å². The molecule has 2 heterocycles. The minimum Gasteiger partial charge on any atom is -0.345 e. The molecule has 11 heteroatoms. The fourth-order valence-electron chi connectivity index (χ4n) is 4.01. The number of carbonyl (C=O) groups excluding carboxylic acids is 5. The molecular formula is C23H18F3N3O5. The molecule has 0 spiro atoms. The molecule has 1 atom stereocenters. The van der Waals surface area contributed by atoms with Crippen molar-refractivity contribution in [1.82, 2.24) is 15.5 Å². The van der Waals surface area contributed by atoms with Gasteiger partial charge in [0.05, 0.1) is 5.56 Å². The van der Waals surface area contributed by atoms with E-state index in [0.29, 0.717) is 16.7 Å². The number of nitrogens with zero attached hydrogens (tertiary/aromatic N) is 1. The summed E-state index contributed by atoms with van der Waals surface area (Å²) in [5.41, 5.74) is 0.358. The number of alkyl halides is 3. The SMILES string of the molecule is O=C1CCC(N2Cc3c(CNC(=O)C(=O)c4ccc(C(F)(F)F)cc4)cccc3C2=O)C(=O)N1. The number of fused-ring (bicyclic) bond motifs is 1. The summed E-state index contributed by atoms with van der Waals surface area (Å²) in [5, 5.41) is 4.65. The molecule has 176 valence electrons. The first-order chi connectivity index (χ1) is 16.1. The molecule has 2 aliphatic rings. The maximum atomic E-state index is 12.8. The third kappa shape index (κ3) is 4.41. The Labute approximate surface area is 191 Å². The van der Waals surface area contributed by atoms with Crippen LogP contribution in [0, 0.1) is 0 Å². The molecule has 2 N–H and O–H groups in total. The van der Waals surface area contributed by atoms with Crippen LogP contribution in [0.1, 0.15) is 50.2 Å². The molecule has 0 aromatic heterocycles. The first-order valence-electron chi connectivity index (χ1n) is 10.3. The van der Waals surface area contributed by atoms with Crippen molar-refractivity contribution in [1.29, 1.82) is 0 Å². The van der Waals surface area contributed by atoms with Gasteiger partial charge in [-0.15, -0.1) is 0 Å². The van der Waals surface area contributed by atoms with Crippen LogP contribution in [-0.2, 0) is 33.6 Å². The number of carbonyl (C=O) groups is 5. The lowest BCUT2D eigenvalue weighted by Crippen LogP contribution is -2.52. The second-order valence-electron chi connectivity index (χ2n) is 7.93. The number of Topliss-reactive ketones (excluding diaryl/α,β-unsaturated/α-hetero) is 1. The molecule has 8 nitrogen and oxygen atoms in total. The van der Waals surface area contributed by atoms with E-state index in [1.807, 2.05) is 0 Å². The van der Waals surface area contributed by atoms with Gasteiger partial charge in [-0.05, 0) is 35.7 Å². The zero-order valence-electron chi connectivity index (χ0n) is 17.6. The molecule has 4 rings (SSSR count). The average molecular weight is 473 g/mol. The molecule has 4 amide bonds. The summed E-state index contributed by atoms with van der Waals surface area (Å²) in [6.45, 7) is -0.00973. The standard InChI is InChI=1S/C23H18F3N3O5/c24-23(25,26)14-6-4-12(5-7-14)19(31)21(33)27-10-13-2-1-3-15-16(13)11-29(22(15)34)17-8-9-18(30)28-20(17)32/h1-7,17H,8-11H2,(H,27,33)(H,28,30,32). The van der Waals surface area contributed by atoms with Gasteiger partial charge in [0.15, 0.2) is 0 Å². The van der Waals surface area contributed by atoms with Gasteiger partial charge in [-0.25, -0.2) is 0 Å². The number of imide groups is 1. The Kier molecular flexibility index (Phi) is 5.94. The Morgan fingerprint density at radius 1 is 1.06 bits per heavy atom. The fraction of sp³-hybridized carbons (Fsp3) is 0.261. The Balaban J connectivity index is 1.44. The van der Waals surface area contributed by atoms with E-state index in [2.05, 4.69) is 10.6 Å². The largest absolute Gasteiger partial charge is 0.416 e. The van der Waals surface area contributed by atoms with Crippen molar-refractivity contribution >= 4 is 29.4 Å². The second kappa shape index (κ2) is 8.73. The zero-order chi connectivity index (χ0) is 24.6. The normalized spacial score (nSPS) is 17.9. The quantitative estimate of drug-likeness (QED) is 0.392. The third-order valence-electron chi connectivity index (χ3n) is 5.80. The summed E-state index contributed by atoms with van der Waals surface area (Å²) in [4.78, 5) is 62.4. The van der Waals surface area contributed by atoms with Gasteiger partial charge in [0.2, 0.25) is 17.6 Å². The molecule has 34 heavy (non-hydrogen) atoms. The molecule has 1 unspecified atom stereocenters. The Morgan fingerprint density at radius 3 is 2.41 bits per heavy atom. The highest BCUT2D eigenvalue weighted by atomic mass is 19.4. The highest BCUT2D eigenvalue weighted by molar-refractivity contribution is 6.42. The highest BCUT2D eigenvalue weighted by Crippen LogP contribution is 2.30. The number of hydrogen-bond donors (Lipinski definition) is 2. The predicted octanol–water partition coefficient (Wildman–Crippen LogP) is 1.97. The van der Waals surface area contributed by atoms with Crippen LogP contribution in [0.25, 0.3) is 0 Å². The number of ketones is 1. The van der Waals surface area contributed by atoms with Gasteiger partial charge in [0, 0.05) is 30.6 Å². The molecule has 0 radical (unpaired) electrons. The Morgan fingerprint density at radius 2 is 1.76 bits per heavy atom. The van der Waals surface area contributed by atoms with Crippen LogP contribution in [0.2, 0.25) is 0 Å². The molecule has 2 aliphatic heterocycles. The molecule has 2 aromatic carbocycles. The summed E-state index contributed by atoms with van der Waals surface area (Å²) in [7, 11) is 0. The molecule has 0 bridgehead atoms. The summed E-state index contributed by atoms with van der Waals surface area (Å²) in [5.74, 6) is -3.33. The maximum absolute atomic E-state index is 12.8.